The van der Waals surface area contributed by atoms with Crippen LogP contribution in [0.3, 0.4) is 0 Å². The van der Waals surface area contributed by atoms with Crippen LogP contribution in [0.4, 0.5) is 0 Å². The van der Waals surface area contributed by atoms with E-state index in [2.05, 4.69) is 37.4 Å². The molecule has 2 atom stereocenters. The van der Waals surface area contributed by atoms with Gasteiger partial charge < -0.3 is 14.5 Å². The fourth-order valence-corrected chi connectivity index (χ4v) is 2.12. The van der Waals surface area contributed by atoms with Gasteiger partial charge in [-0.05, 0) is 37.5 Å². The lowest BCUT2D eigenvalue weighted by Gasteiger charge is -2.03. The molecule has 0 spiro atoms. The van der Waals surface area contributed by atoms with Crippen molar-refractivity contribution in [2.24, 2.45) is 5.92 Å². The minimum Gasteiger partial charge on any atom is -0.461 e. The van der Waals surface area contributed by atoms with Crippen molar-refractivity contribution in [1.82, 2.24) is 5.32 Å². The monoisotopic (exact) mass is 249 g/mol. The second-order valence-electron chi connectivity index (χ2n) is 5.22. The van der Waals surface area contributed by atoms with Crippen molar-refractivity contribution in [2.75, 3.05) is 26.8 Å². The van der Waals surface area contributed by atoms with E-state index in [1.54, 1.807) is 7.11 Å². The highest BCUT2D eigenvalue weighted by Gasteiger charge is 2.36. The quantitative estimate of drug-likeness (QED) is 0.754. The van der Waals surface area contributed by atoms with E-state index in [-0.39, 0.29) is 0 Å². The fraction of sp³-hybridized carbons (Fsp3) is 0.600. The van der Waals surface area contributed by atoms with Gasteiger partial charge in [0.1, 0.15) is 11.5 Å². The van der Waals surface area contributed by atoms with Crippen LogP contribution >= 0.6 is 0 Å². The van der Waals surface area contributed by atoms with E-state index in [9.17, 15) is 0 Å². The summed E-state index contributed by atoms with van der Waals surface area (Å²) in [7, 11) is 1.72. The molecule has 3 nitrogen and oxygen atoms in total. The Hall–Kier alpha value is -1.06. The third kappa shape index (κ3) is 3.72. The van der Waals surface area contributed by atoms with E-state index in [0.717, 1.165) is 37.1 Å². The van der Waals surface area contributed by atoms with Gasteiger partial charge in [-0.15, -0.1) is 0 Å². The molecule has 0 radical (unpaired) electrons. The number of ether oxygens (including phenoxy) is 1. The number of methoxy groups -OCH3 is 1. The molecular weight excluding hydrogens is 226 g/mol. The molecule has 0 saturated heterocycles. The molecule has 1 aliphatic carbocycles. The molecule has 1 fully saturated rings. The Balaban J connectivity index is 1.81. The molecular formula is C15H23NO2. The van der Waals surface area contributed by atoms with E-state index in [0.29, 0.717) is 5.92 Å². The number of furan rings is 1. The van der Waals surface area contributed by atoms with Gasteiger partial charge in [-0.3, -0.25) is 0 Å². The van der Waals surface area contributed by atoms with Gasteiger partial charge in [0, 0.05) is 26.1 Å². The molecule has 0 aliphatic heterocycles. The minimum atomic E-state index is 0.660. The predicted octanol–water partition coefficient (Wildman–Crippen LogP) is 3.04. The number of hydrogen-bond acceptors (Lipinski definition) is 3. The first-order chi connectivity index (χ1) is 8.70. The topological polar surface area (TPSA) is 34.4 Å². The second-order valence-corrected chi connectivity index (χ2v) is 5.22. The largest absolute Gasteiger partial charge is 0.461 e. The van der Waals surface area contributed by atoms with Crippen LogP contribution in [-0.2, 0) is 4.74 Å². The third-order valence-corrected chi connectivity index (χ3v) is 3.40. The Morgan fingerprint density at radius 3 is 3.00 bits per heavy atom. The smallest absolute Gasteiger partial charge is 0.127 e. The lowest BCUT2D eigenvalue weighted by molar-refractivity contribution is 0.200. The van der Waals surface area contributed by atoms with Gasteiger partial charge in [0.05, 0.1) is 6.61 Å². The summed E-state index contributed by atoms with van der Waals surface area (Å²) in [6.07, 6.45) is 3.38. The second kappa shape index (κ2) is 6.21. The molecule has 1 N–H and O–H groups in total. The molecule has 3 heteroatoms. The van der Waals surface area contributed by atoms with Crippen LogP contribution in [0.2, 0.25) is 0 Å². The first kappa shape index (κ1) is 13.4. The highest BCUT2D eigenvalue weighted by Crippen LogP contribution is 2.47. The molecule has 1 aliphatic rings. The van der Waals surface area contributed by atoms with E-state index in [4.69, 9.17) is 9.15 Å². The molecule has 2 rings (SSSR count). The van der Waals surface area contributed by atoms with Crippen LogP contribution in [0.5, 0.6) is 0 Å². The fourth-order valence-electron chi connectivity index (χ4n) is 2.12. The molecule has 2 unspecified atom stereocenters. The zero-order valence-corrected chi connectivity index (χ0v) is 11.5. The lowest BCUT2D eigenvalue weighted by Crippen LogP contribution is -2.20. The minimum absolute atomic E-state index is 0.660. The molecule has 18 heavy (non-hydrogen) atoms. The zero-order chi connectivity index (χ0) is 13.0. The predicted molar refractivity (Wildman–Crippen MR) is 73.6 cm³/mol. The number of hydrogen-bond donors (Lipinski definition) is 1. The van der Waals surface area contributed by atoms with Crippen molar-refractivity contribution in [2.45, 2.75) is 26.2 Å². The summed E-state index contributed by atoms with van der Waals surface area (Å²) in [6.45, 7) is 6.89. The average molecular weight is 249 g/mol. The summed E-state index contributed by atoms with van der Waals surface area (Å²) >= 11 is 0. The van der Waals surface area contributed by atoms with E-state index >= 15 is 0 Å². The summed E-state index contributed by atoms with van der Waals surface area (Å²) in [5, 5.41) is 3.32. The average Bonchev–Trinajstić information content (AvgIpc) is 2.89. The summed E-state index contributed by atoms with van der Waals surface area (Å²) in [6, 6.07) is 4.19. The Morgan fingerprint density at radius 1 is 1.56 bits per heavy atom. The van der Waals surface area contributed by atoms with Gasteiger partial charge in [0.25, 0.3) is 0 Å². The van der Waals surface area contributed by atoms with E-state index in [1.807, 2.05) is 0 Å². The number of rotatable bonds is 7. The Kier molecular flexibility index (Phi) is 4.61. The van der Waals surface area contributed by atoms with Crippen LogP contribution in [-0.4, -0.2) is 26.8 Å². The molecule has 0 aromatic carbocycles. The Bertz CT molecular complexity index is 408. The Morgan fingerprint density at radius 2 is 2.33 bits per heavy atom. The van der Waals surface area contributed by atoms with Gasteiger partial charge in [0.2, 0.25) is 0 Å². The number of nitrogens with one attached hydrogen (secondary N) is 1. The van der Waals surface area contributed by atoms with Crippen molar-refractivity contribution in [3.63, 3.8) is 0 Å². The molecule has 0 amide bonds. The molecule has 1 heterocycles. The van der Waals surface area contributed by atoms with Crippen LogP contribution in [0.25, 0.3) is 6.08 Å². The third-order valence-electron chi connectivity index (χ3n) is 3.40. The molecule has 1 aromatic rings. The van der Waals surface area contributed by atoms with Gasteiger partial charge >= 0.3 is 0 Å². The summed E-state index contributed by atoms with van der Waals surface area (Å²) < 4.78 is 10.8. The SMILES string of the molecule is COCCNCC(C)=Cc1ccc(C2CC2C)o1. The van der Waals surface area contributed by atoms with Gasteiger partial charge in [0.15, 0.2) is 0 Å². The van der Waals surface area contributed by atoms with Crippen LogP contribution in [0.1, 0.15) is 37.7 Å². The summed E-state index contributed by atoms with van der Waals surface area (Å²) in [5.74, 6) is 3.57. The van der Waals surface area contributed by atoms with Crippen molar-refractivity contribution in [3.8, 4) is 0 Å². The first-order valence-electron chi connectivity index (χ1n) is 6.67. The van der Waals surface area contributed by atoms with Crippen LogP contribution in [0.15, 0.2) is 22.1 Å². The van der Waals surface area contributed by atoms with E-state index in [1.165, 1.54) is 12.0 Å². The first-order valence-corrected chi connectivity index (χ1v) is 6.67. The lowest BCUT2D eigenvalue weighted by atomic mass is 10.2. The van der Waals surface area contributed by atoms with Gasteiger partial charge in [-0.1, -0.05) is 12.5 Å². The highest BCUT2D eigenvalue weighted by molar-refractivity contribution is 5.47. The van der Waals surface area contributed by atoms with Crippen molar-refractivity contribution >= 4 is 6.08 Å². The summed E-state index contributed by atoms with van der Waals surface area (Å²) in [5.41, 5.74) is 1.27. The van der Waals surface area contributed by atoms with Crippen molar-refractivity contribution in [1.29, 1.82) is 0 Å². The normalized spacial score (nSPS) is 23.4. The summed E-state index contributed by atoms with van der Waals surface area (Å²) in [4.78, 5) is 0. The van der Waals surface area contributed by atoms with Crippen molar-refractivity contribution < 1.29 is 9.15 Å². The van der Waals surface area contributed by atoms with E-state index < -0.39 is 0 Å². The Labute approximate surface area is 109 Å². The zero-order valence-electron chi connectivity index (χ0n) is 11.5. The van der Waals surface area contributed by atoms with Crippen LogP contribution in [0, 0.1) is 5.92 Å². The maximum absolute atomic E-state index is 5.85. The molecule has 1 aromatic heterocycles. The highest BCUT2D eigenvalue weighted by atomic mass is 16.5. The maximum atomic E-state index is 5.85. The molecule has 100 valence electrons. The van der Waals surface area contributed by atoms with Crippen molar-refractivity contribution in [3.05, 3.63) is 29.2 Å². The van der Waals surface area contributed by atoms with Crippen LogP contribution < -0.4 is 5.32 Å². The molecule has 0 bridgehead atoms. The maximum Gasteiger partial charge on any atom is 0.127 e. The standard InChI is InChI=1S/C15H23NO2/c1-11(10-16-6-7-17-3)8-13-4-5-15(18-13)14-9-12(14)2/h4-5,8,12,14,16H,6-7,9-10H2,1-3H3. The molecule has 1 saturated carbocycles. The van der Waals surface area contributed by atoms with Gasteiger partial charge in [-0.2, -0.15) is 0 Å². The van der Waals surface area contributed by atoms with Gasteiger partial charge in [-0.25, -0.2) is 0 Å².